The second-order valence-corrected chi connectivity index (χ2v) is 6.22. The van der Waals surface area contributed by atoms with E-state index in [-0.39, 0.29) is 0 Å². The maximum Gasteiger partial charge on any atom is 0.0218 e. The van der Waals surface area contributed by atoms with Crippen LogP contribution in [0.25, 0.3) is 0 Å². The first-order valence-electron chi connectivity index (χ1n) is 5.53. The molecular formula is C11H21NS. The van der Waals surface area contributed by atoms with Gasteiger partial charge in [-0.2, -0.15) is 11.8 Å². The second kappa shape index (κ2) is 3.82. The van der Waals surface area contributed by atoms with Gasteiger partial charge < -0.3 is 5.32 Å². The van der Waals surface area contributed by atoms with E-state index >= 15 is 0 Å². The molecule has 2 rings (SSSR count). The van der Waals surface area contributed by atoms with Gasteiger partial charge in [0.25, 0.3) is 0 Å². The summed E-state index contributed by atoms with van der Waals surface area (Å²) in [6, 6.07) is 0.802. The van der Waals surface area contributed by atoms with E-state index in [2.05, 4.69) is 30.9 Å². The fraction of sp³-hybridized carbons (Fsp3) is 1.00. The highest BCUT2D eigenvalue weighted by Gasteiger charge is 2.33. The van der Waals surface area contributed by atoms with Crippen LogP contribution < -0.4 is 5.32 Å². The van der Waals surface area contributed by atoms with Crippen LogP contribution in [0.15, 0.2) is 0 Å². The van der Waals surface area contributed by atoms with Gasteiger partial charge in [-0.15, -0.1) is 0 Å². The van der Waals surface area contributed by atoms with E-state index in [9.17, 15) is 0 Å². The molecule has 2 aliphatic rings. The molecule has 1 saturated carbocycles. The predicted molar refractivity (Wildman–Crippen MR) is 60.3 cm³/mol. The Balaban J connectivity index is 1.91. The average Bonchev–Trinajstić information content (AvgIpc) is 2.53. The standard InChI is InChI=1S/C11H21NS/c1-11(2)8-13-7-10(12-11)9-5-3-4-6-9/h9-10,12H,3-8H2,1-2H3. The first-order chi connectivity index (χ1) is 6.17. The molecule has 0 spiro atoms. The quantitative estimate of drug-likeness (QED) is 0.697. The van der Waals surface area contributed by atoms with Crippen LogP contribution in [-0.4, -0.2) is 23.1 Å². The van der Waals surface area contributed by atoms with Crippen molar-refractivity contribution in [1.82, 2.24) is 5.32 Å². The molecule has 1 atom stereocenters. The fourth-order valence-electron chi connectivity index (χ4n) is 2.64. The average molecular weight is 199 g/mol. The van der Waals surface area contributed by atoms with Crippen molar-refractivity contribution in [3.05, 3.63) is 0 Å². The lowest BCUT2D eigenvalue weighted by molar-refractivity contribution is 0.296. The molecule has 0 aromatic heterocycles. The van der Waals surface area contributed by atoms with Crippen LogP contribution in [-0.2, 0) is 0 Å². The van der Waals surface area contributed by atoms with E-state index in [1.807, 2.05) is 0 Å². The van der Waals surface area contributed by atoms with Crippen molar-refractivity contribution in [2.75, 3.05) is 11.5 Å². The van der Waals surface area contributed by atoms with Crippen LogP contribution in [0.3, 0.4) is 0 Å². The summed E-state index contributed by atoms with van der Waals surface area (Å²) in [5.74, 6) is 3.59. The summed E-state index contributed by atoms with van der Waals surface area (Å²) in [4.78, 5) is 0. The zero-order valence-corrected chi connectivity index (χ0v) is 9.62. The molecule has 0 bridgehead atoms. The highest BCUT2D eigenvalue weighted by Crippen LogP contribution is 2.33. The summed E-state index contributed by atoms with van der Waals surface area (Å²) in [5.41, 5.74) is 0.371. The summed E-state index contributed by atoms with van der Waals surface area (Å²) >= 11 is 2.13. The predicted octanol–water partition coefficient (Wildman–Crippen LogP) is 2.66. The Morgan fingerprint density at radius 2 is 1.92 bits per heavy atom. The molecule has 0 aromatic carbocycles. The largest absolute Gasteiger partial charge is 0.307 e. The first-order valence-corrected chi connectivity index (χ1v) is 6.68. The number of thioether (sulfide) groups is 1. The molecular weight excluding hydrogens is 178 g/mol. The number of hydrogen-bond acceptors (Lipinski definition) is 2. The Hall–Kier alpha value is 0.310. The van der Waals surface area contributed by atoms with E-state index in [0.29, 0.717) is 5.54 Å². The van der Waals surface area contributed by atoms with Gasteiger partial charge in [-0.3, -0.25) is 0 Å². The fourth-order valence-corrected chi connectivity index (χ4v) is 3.96. The maximum absolute atomic E-state index is 3.81. The molecule has 2 heteroatoms. The van der Waals surface area contributed by atoms with Gasteiger partial charge in [0.2, 0.25) is 0 Å². The number of rotatable bonds is 1. The summed E-state index contributed by atoms with van der Waals surface area (Å²) in [6.45, 7) is 4.67. The Morgan fingerprint density at radius 3 is 2.54 bits per heavy atom. The van der Waals surface area contributed by atoms with Gasteiger partial charge in [-0.25, -0.2) is 0 Å². The Morgan fingerprint density at radius 1 is 1.23 bits per heavy atom. The van der Waals surface area contributed by atoms with Crippen LogP contribution >= 0.6 is 11.8 Å². The van der Waals surface area contributed by atoms with Gasteiger partial charge in [-0.1, -0.05) is 12.8 Å². The molecule has 0 aromatic rings. The summed E-state index contributed by atoms with van der Waals surface area (Å²) in [7, 11) is 0. The first kappa shape index (κ1) is 9.85. The molecule has 13 heavy (non-hydrogen) atoms. The molecule has 1 unspecified atom stereocenters. The Labute approximate surface area is 86.0 Å². The third kappa shape index (κ3) is 2.41. The molecule has 1 aliphatic carbocycles. The van der Waals surface area contributed by atoms with Crippen LogP contribution in [0.5, 0.6) is 0 Å². The van der Waals surface area contributed by atoms with Gasteiger partial charge in [-0.05, 0) is 32.6 Å². The van der Waals surface area contributed by atoms with Crippen molar-refractivity contribution in [1.29, 1.82) is 0 Å². The Kier molecular flexibility index (Phi) is 2.89. The van der Waals surface area contributed by atoms with E-state index < -0.39 is 0 Å². The smallest absolute Gasteiger partial charge is 0.0218 e. The van der Waals surface area contributed by atoms with Crippen molar-refractivity contribution < 1.29 is 0 Å². The molecule has 2 fully saturated rings. The lowest BCUT2D eigenvalue weighted by atomic mass is 9.96. The topological polar surface area (TPSA) is 12.0 Å². The van der Waals surface area contributed by atoms with Gasteiger partial charge in [0, 0.05) is 23.1 Å². The van der Waals surface area contributed by atoms with Gasteiger partial charge >= 0.3 is 0 Å². The normalized spacial score (nSPS) is 35.1. The minimum atomic E-state index is 0.371. The zero-order chi connectivity index (χ0) is 9.31. The van der Waals surface area contributed by atoms with E-state index in [0.717, 1.165) is 12.0 Å². The van der Waals surface area contributed by atoms with E-state index in [1.54, 1.807) is 0 Å². The lowest BCUT2D eigenvalue weighted by Gasteiger charge is -2.39. The molecule has 1 heterocycles. The van der Waals surface area contributed by atoms with Crippen molar-refractivity contribution in [3.63, 3.8) is 0 Å². The molecule has 1 N–H and O–H groups in total. The lowest BCUT2D eigenvalue weighted by Crippen LogP contribution is -2.54. The minimum Gasteiger partial charge on any atom is -0.307 e. The van der Waals surface area contributed by atoms with Gasteiger partial charge in [0.1, 0.15) is 0 Å². The molecule has 1 nitrogen and oxygen atoms in total. The van der Waals surface area contributed by atoms with Gasteiger partial charge in [0.15, 0.2) is 0 Å². The van der Waals surface area contributed by atoms with E-state index in [1.165, 1.54) is 37.2 Å². The highest BCUT2D eigenvalue weighted by atomic mass is 32.2. The highest BCUT2D eigenvalue weighted by molar-refractivity contribution is 7.99. The monoisotopic (exact) mass is 199 g/mol. The summed E-state index contributed by atoms with van der Waals surface area (Å²) in [6.07, 6.45) is 5.87. The van der Waals surface area contributed by atoms with Crippen LogP contribution in [0.2, 0.25) is 0 Å². The molecule has 76 valence electrons. The third-order valence-corrected chi connectivity index (χ3v) is 4.83. The summed E-state index contributed by atoms with van der Waals surface area (Å²) < 4.78 is 0. The number of hydrogen-bond donors (Lipinski definition) is 1. The van der Waals surface area contributed by atoms with Crippen molar-refractivity contribution >= 4 is 11.8 Å². The third-order valence-electron chi connectivity index (χ3n) is 3.31. The Bertz CT molecular complexity index is 173. The number of nitrogens with one attached hydrogen (secondary N) is 1. The molecule has 0 radical (unpaired) electrons. The van der Waals surface area contributed by atoms with Crippen LogP contribution in [0, 0.1) is 5.92 Å². The van der Waals surface area contributed by atoms with E-state index in [4.69, 9.17) is 0 Å². The minimum absolute atomic E-state index is 0.371. The maximum atomic E-state index is 3.81. The summed E-state index contributed by atoms with van der Waals surface area (Å²) in [5, 5.41) is 3.81. The van der Waals surface area contributed by atoms with Crippen LogP contribution in [0.1, 0.15) is 39.5 Å². The van der Waals surface area contributed by atoms with Crippen molar-refractivity contribution in [2.24, 2.45) is 5.92 Å². The molecule has 1 aliphatic heterocycles. The van der Waals surface area contributed by atoms with Crippen molar-refractivity contribution in [3.8, 4) is 0 Å². The molecule has 1 saturated heterocycles. The SMILES string of the molecule is CC1(C)CSCC(C2CCCC2)N1. The van der Waals surface area contributed by atoms with Gasteiger partial charge in [0.05, 0.1) is 0 Å². The van der Waals surface area contributed by atoms with Crippen LogP contribution in [0.4, 0.5) is 0 Å². The van der Waals surface area contributed by atoms with Crippen molar-refractivity contribution in [2.45, 2.75) is 51.1 Å². The molecule has 0 amide bonds. The second-order valence-electron chi connectivity index (χ2n) is 5.19. The zero-order valence-electron chi connectivity index (χ0n) is 8.81.